The number of ketones is 1. The lowest BCUT2D eigenvalue weighted by Crippen LogP contribution is -2.57. The molecule has 1 N–H and O–H groups in total. The summed E-state index contributed by atoms with van der Waals surface area (Å²) >= 11 is 0. The molecule has 5 saturated carbocycles. The van der Waals surface area contributed by atoms with Gasteiger partial charge in [0.1, 0.15) is 5.78 Å². The first-order valence-corrected chi connectivity index (χ1v) is 11.5. The van der Waals surface area contributed by atoms with Crippen molar-refractivity contribution in [2.75, 3.05) is 0 Å². The fraction of sp³-hybridized carbons (Fsp3) is 0.958. The minimum Gasteiger partial charge on any atom is -0.390 e. The number of Topliss-reactive ketones (excluding diaryl/α,β-unsaturated/α-hetero) is 1. The Bertz CT molecular complexity index is 605. The molecule has 0 aromatic rings. The summed E-state index contributed by atoms with van der Waals surface area (Å²) in [6.45, 7) is 6.40. The summed E-state index contributed by atoms with van der Waals surface area (Å²) in [4.78, 5) is 12.3. The third-order valence-electron chi connectivity index (χ3n) is 10.3. The molecule has 0 radical (unpaired) electrons. The van der Waals surface area contributed by atoms with Gasteiger partial charge in [0.05, 0.1) is 5.60 Å². The quantitative estimate of drug-likeness (QED) is 0.720. The number of hydrogen-bond acceptors (Lipinski definition) is 2. The molecule has 5 fully saturated rings. The van der Waals surface area contributed by atoms with Crippen LogP contribution in [0, 0.1) is 46.3 Å². The van der Waals surface area contributed by atoms with Gasteiger partial charge in [0.15, 0.2) is 0 Å². The molecule has 5 aliphatic carbocycles. The predicted molar refractivity (Wildman–Crippen MR) is 104 cm³/mol. The van der Waals surface area contributed by atoms with Crippen molar-refractivity contribution in [3.63, 3.8) is 0 Å². The normalized spacial score (nSPS) is 56.4. The average Bonchev–Trinajstić information content (AvgIpc) is 3.35. The van der Waals surface area contributed by atoms with Crippen LogP contribution in [0.3, 0.4) is 0 Å². The molecule has 0 saturated heterocycles. The number of carbonyl (C=O) groups excluding carboxylic acids is 1. The van der Waals surface area contributed by atoms with Gasteiger partial charge < -0.3 is 5.11 Å². The van der Waals surface area contributed by atoms with Gasteiger partial charge in [-0.2, -0.15) is 0 Å². The second-order valence-corrected chi connectivity index (χ2v) is 11.5. The van der Waals surface area contributed by atoms with Crippen molar-refractivity contribution in [2.24, 2.45) is 46.3 Å². The second kappa shape index (κ2) is 5.58. The van der Waals surface area contributed by atoms with Crippen molar-refractivity contribution < 1.29 is 9.90 Å². The van der Waals surface area contributed by atoms with Crippen LogP contribution in [0.1, 0.15) is 91.4 Å². The van der Waals surface area contributed by atoms with Crippen molar-refractivity contribution in [3.8, 4) is 0 Å². The number of fused-ring (bicyclic) bond motifs is 5. The zero-order chi connectivity index (χ0) is 18.3. The van der Waals surface area contributed by atoms with E-state index in [0.29, 0.717) is 17.1 Å². The summed E-state index contributed by atoms with van der Waals surface area (Å²) < 4.78 is 0. The van der Waals surface area contributed by atoms with Crippen LogP contribution in [0.2, 0.25) is 0 Å². The van der Waals surface area contributed by atoms with E-state index in [-0.39, 0.29) is 5.41 Å². The Morgan fingerprint density at radius 3 is 2.27 bits per heavy atom. The Morgan fingerprint density at radius 2 is 1.58 bits per heavy atom. The molecule has 146 valence electrons. The molecule has 2 nitrogen and oxygen atoms in total. The SMILES string of the molecule is CC(=O)[C@H]1CC[C@H]2[C@@H]3CC[C@@H]4C[C@](C)(O)CC[C@]4(C4CC4)[C@H]3CC[C@]12C. The first-order chi connectivity index (χ1) is 12.3. The summed E-state index contributed by atoms with van der Waals surface area (Å²) in [6.07, 6.45) is 14.0. The molecule has 0 spiro atoms. The zero-order valence-electron chi connectivity index (χ0n) is 17.1. The summed E-state index contributed by atoms with van der Waals surface area (Å²) in [5.41, 5.74) is 0.400. The van der Waals surface area contributed by atoms with Gasteiger partial charge in [-0.3, -0.25) is 4.79 Å². The van der Waals surface area contributed by atoms with Crippen LogP contribution in [0.5, 0.6) is 0 Å². The highest BCUT2D eigenvalue weighted by atomic mass is 16.3. The average molecular weight is 359 g/mol. The molecule has 2 heteroatoms. The van der Waals surface area contributed by atoms with E-state index in [1.54, 1.807) is 0 Å². The highest BCUT2D eigenvalue weighted by Crippen LogP contribution is 2.72. The van der Waals surface area contributed by atoms with Gasteiger partial charge in [-0.15, -0.1) is 0 Å². The molecule has 0 amide bonds. The third-order valence-corrected chi connectivity index (χ3v) is 10.3. The first kappa shape index (κ1) is 17.7. The Labute approximate surface area is 159 Å². The van der Waals surface area contributed by atoms with Crippen LogP contribution >= 0.6 is 0 Å². The van der Waals surface area contributed by atoms with Crippen molar-refractivity contribution in [1.29, 1.82) is 0 Å². The fourth-order valence-corrected chi connectivity index (χ4v) is 9.25. The number of hydrogen-bond donors (Lipinski definition) is 1. The Balaban J connectivity index is 1.48. The maximum absolute atomic E-state index is 12.3. The molecule has 8 atom stereocenters. The van der Waals surface area contributed by atoms with Crippen LogP contribution < -0.4 is 0 Å². The number of aliphatic hydroxyl groups is 1. The standard InChI is InChI=1S/C24H38O2/c1-15(25)19-8-9-20-18-7-6-17-14-22(2,26)12-13-24(17,16-4-5-16)21(18)10-11-23(19,20)3/h16-21,26H,4-14H2,1-3H3/t17-,18+,19-,20+,21+,22-,23-,24-/m1/s1. The summed E-state index contributed by atoms with van der Waals surface area (Å²) in [5.74, 6) is 5.02. The first-order valence-electron chi connectivity index (χ1n) is 11.5. The molecular weight excluding hydrogens is 320 g/mol. The summed E-state index contributed by atoms with van der Waals surface area (Å²) in [5, 5.41) is 10.8. The second-order valence-electron chi connectivity index (χ2n) is 11.5. The molecule has 0 bridgehead atoms. The van der Waals surface area contributed by atoms with Crippen LogP contribution in [0.25, 0.3) is 0 Å². The van der Waals surface area contributed by atoms with Gasteiger partial charge in [-0.05, 0) is 125 Å². The van der Waals surface area contributed by atoms with E-state index >= 15 is 0 Å². The Kier molecular flexibility index (Phi) is 3.80. The van der Waals surface area contributed by atoms with E-state index in [2.05, 4.69) is 13.8 Å². The number of carbonyl (C=O) groups is 1. The van der Waals surface area contributed by atoms with E-state index in [4.69, 9.17) is 0 Å². The highest BCUT2D eigenvalue weighted by molar-refractivity contribution is 5.79. The molecule has 0 aliphatic heterocycles. The molecule has 0 heterocycles. The smallest absolute Gasteiger partial charge is 0.133 e. The van der Waals surface area contributed by atoms with Gasteiger partial charge in [0.25, 0.3) is 0 Å². The Morgan fingerprint density at radius 1 is 0.846 bits per heavy atom. The van der Waals surface area contributed by atoms with Gasteiger partial charge in [0.2, 0.25) is 0 Å². The van der Waals surface area contributed by atoms with Gasteiger partial charge in [0, 0.05) is 5.92 Å². The molecule has 0 aromatic carbocycles. The monoisotopic (exact) mass is 358 g/mol. The number of rotatable bonds is 2. The van der Waals surface area contributed by atoms with Gasteiger partial charge in [-0.1, -0.05) is 6.92 Å². The fourth-order valence-electron chi connectivity index (χ4n) is 9.25. The maximum atomic E-state index is 12.3. The highest BCUT2D eigenvalue weighted by Gasteiger charge is 2.65. The molecule has 0 aromatic heterocycles. The van der Waals surface area contributed by atoms with Crippen molar-refractivity contribution in [2.45, 2.75) is 97.0 Å². The van der Waals surface area contributed by atoms with Crippen molar-refractivity contribution >= 4 is 5.78 Å². The van der Waals surface area contributed by atoms with Crippen LogP contribution in [-0.2, 0) is 4.79 Å². The largest absolute Gasteiger partial charge is 0.390 e. The minimum atomic E-state index is -0.424. The topological polar surface area (TPSA) is 37.3 Å². The Hall–Kier alpha value is -0.370. The molecular formula is C24H38O2. The predicted octanol–water partition coefficient (Wildman–Crippen LogP) is 5.38. The molecule has 5 rings (SSSR count). The minimum absolute atomic E-state index is 0.282. The summed E-state index contributed by atoms with van der Waals surface area (Å²) in [7, 11) is 0. The van der Waals surface area contributed by atoms with E-state index in [1.807, 2.05) is 6.92 Å². The summed E-state index contributed by atoms with van der Waals surface area (Å²) in [6, 6.07) is 0. The van der Waals surface area contributed by atoms with E-state index < -0.39 is 5.60 Å². The van der Waals surface area contributed by atoms with Crippen molar-refractivity contribution in [3.05, 3.63) is 0 Å². The van der Waals surface area contributed by atoms with Gasteiger partial charge in [-0.25, -0.2) is 0 Å². The maximum Gasteiger partial charge on any atom is 0.133 e. The lowest BCUT2D eigenvalue weighted by Gasteiger charge is -2.63. The lowest BCUT2D eigenvalue weighted by molar-refractivity contribution is -0.165. The van der Waals surface area contributed by atoms with E-state index in [9.17, 15) is 9.90 Å². The zero-order valence-corrected chi connectivity index (χ0v) is 17.1. The van der Waals surface area contributed by atoms with E-state index in [1.165, 1.54) is 51.4 Å². The van der Waals surface area contributed by atoms with Gasteiger partial charge >= 0.3 is 0 Å². The molecule has 5 aliphatic rings. The van der Waals surface area contributed by atoms with Crippen molar-refractivity contribution in [1.82, 2.24) is 0 Å². The lowest BCUT2D eigenvalue weighted by atomic mass is 9.42. The van der Waals surface area contributed by atoms with Crippen LogP contribution in [-0.4, -0.2) is 16.5 Å². The third kappa shape index (κ3) is 2.29. The van der Waals surface area contributed by atoms with Crippen LogP contribution in [0.4, 0.5) is 0 Å². The van der Waals surface area contributed by atoms with E-state index in [0.717, 1.165) is 48.9 Å². The molecule has 26 heavy (non-hydrogen) atoms. The molecule has 0 unspecified atom stereocenters. The van der Waals surface area contributed by atoms with Crippen LogP contribution in [0.15, 0.2) is 0 Å².